The second-order valence-electron chi connectivity index (χ2n) is 4.04. The minimum atomic E-state index is -0.491. The SMILES string of the molecule is COC(=O)C1C(=O)C[C@@H]2CC=CC[C@@H]12. The van der Waals surface area contributed by atoms with Gasteiger partial charge in [0.1, 0.15) is 11.7 Å². The van der Waals surface area contributed by atoms with Gasteiger partial charge in [-0.3, -0.25) is 9.59 Å². The van der Waals surface area contributed by atoms with Crippen LogP contribution in [-0.2, 0) is 14.3 Å². The van der Waals surface area contributed by atoms with Crippen LogP contribution in [0.15, 0.2) is 12.2 Å². The lowest BCUT2D eigenvalue weighted by atomic mass is 9.81. The Kier molecular flexibility index (Phi) is 2.40. The molecular weight excluding hydrogens is 180 g/mol. The van der Waals surface area contributed by atoms with Crippen molar-refractivity contribution in [1.82, 2.24) is 0 Å². The number of ketones is 1. The summed E-state index contributed by atoms with van der Waals surface area (Å²) in [6.45, 7) is 0. The Morgan fingerprint density at radius 3 is 2.86 bits per heavy atom. The van der Waals surface area contributed by atoms with Gasteiger partial charge in [0.15, 0.2) is 0 Å². The van der Waals surface area contributed by atoms with E-state index in [2.05, 4.69) is 16.9 Å². The lowest BCUT2D eigenvalue weighted by Crippen LogP contribution is -2.28. The molecule has 2 aliphatic rings. The number of ether oxygens (including phenoxy) is 1. The molecule has 0 amide bonds. The van der Waals surface area contributed by atoms with Gasteiger partial charge in [0.2, 0.25) is 0 Å². The number of methoxy groups -OCH3 is 1. The standard InChI is InChI=1S/C11H14O3/c1-14-11(13)10-8-5-3-2-4-7(8)6-9(10)12/h2-3,7-8,10H,4-6H2,1H3/t7-,8+,10?/m0/s1. The molecular formula is C11H14O3. The number of rotatable bonds is 1. The predicted molar refractivity (Wildman–Crippen MR) is 50.5 cm³/mol. The molecule has 2 rings (SSSR count). The van der Waals surface area contributed by atoms with Gasteiger partial charge in [0.05, 0.1) is 7.11 Å². The van der Waals surface area contributed by atoms with Gasteiger partial charge in [-0.05, 0) is 24.7 Å². The smallest absolute Gasteiger partial charge is 0.316 e. The van der Waals surface area contributed by atoms with Gasteiger partial charge in [-0.2, -0.15) is 0 Å². The molecule has 76 valence electrons. The summed E-state index contributed by atoms with van der Waals surface area (Å²) < 4.78 is 4.67. The minimum Gasteiger partial charge on any atom is -0.468 e. The van der Waals surface area contributed by atoms with E-state index in [0.717, 1.165) is 12.8 Å². The summed E-state index contributed by atoms with van der Waals surface area (Å²) in [5.41, 5.74) is 0. The van der Waals surface area contributed by atoms with Crippen molar-refractivity contribution in [2.24, 2.45) is 17.8 Å². The highest BCUT2D eigenvalue weighted by Crippen LogP contribution is 2.41. The summed E-state index contributed by atoms with van der Waals surface area (Å²) >= 11 is 0. The van der Waals surface area contributed by atoms with Gasteiger partial charge in [-0.15, -0.1) is 0 Å². The number of hydrogen-bond donors (Lipinski definition) is 0. The van der Waals surface area contributed by atoms with Crippen molar-refractivity contribution in [2.45, 2.75) is 19.3 Å². The fourth-order valence-electron chi connectivity index (χ4n) is 2.59. The first kappa shape index (κ1) is 9.44. The van der Waals surface area contributed by atoms with Gasteiger partial charge in [-0.25, -0.2) is 0 Å². The van der Waals surface area contributed by atoms with Crippen LogP contribution in [0.1, 0.15) is 19.3 Å². The zero-order valence-electron chi connectivity index (χ0n) is 8.23. The Balaban J connectivity index is 2.19. The Labute approximate surface area is 83.1 Å². The molecule has 1 saturated carbocycles. The molecule has 0 aliphatic heterocycles. The third kappa shape index (κ3) is 1.37. The van der Waals surface area contributed by atoms with Gasteiger partial charge in [0, 0.05) is 6.42 Å². The molecule has 0 heterocycles. The maximum atomic E-state index is 11.6. The second kappa shape index (κ2) is 3.56. The van der Waals surface area contributed by atoms with E-state index < -0.39 is 5.92 Å². The molecule has 0 spiro atoms. The van der Waals surface area contributed by atoms with E-state index in [0.29, 0.717) is 12.3 Å². The number of allylic oxidation sites excluding steroid dienone is 2. The van der Waals surface area contributed by atoms with Crippen LogP contribution in [0.25, 0.3) is 0 Å². The molecule has 1 unspecified atom stereocenters. The lowest BCUT2D eigenvalue weighted by Gasteiger charge is -2.23. The maximum absolute atomic E-state index is 11.6. The van der Waals surface area contributed by atoms with Crippen LogP contribution in [0.5, 0.6) is 0 Å². The van der Waals surface area contributed by atoms with Gasteiger partial charge in [0.25, 0.3) is 0 Å². The van der Waals surface area contributed by atoms with Crippen LogP contribution >= 0.6 is 0 Å². The molecule has 3 nitrogen and oxygen atoms in total. The molecule has 2 aliphatic carbocycles. The maximum Gasteiger partial charge on any atom is 0.316 e. The largest absolute Gasteiger partial charge is 0.468 e. The molecule has 14 heavy (non-hydrogen) atoms. The summed E-state index contributed by atoms with van der Waals surface area (Å²) in [6, 6.07) is 0. The topological polar surface area (TPSA) is 43.4 Å². The summed E-state index contributed by atoms with van der Waals surface area (Å²) in [5.74, 6) is -0.208. The average Bonchev–Trinajstić information content (AvgIpc) is 2.53. The molecule has 0 saturated heterocycles. The van der Waals surface area contributed by atoms with E-state index in [1.807, 2.05) is 0 Å². The van der Waals surface area contributed by atoms with Crippen LogP contribution in [0.4, 0.5) is 0 Å². The molecule has 0 radical (unpaired) electrons. The van der Waals surface area contributed by atoms with E-state index in [-0.39, 0.29) is 17.7 Å². The highest BCUT2D eigenvalue weighted by atomic mass is 16.5. The predicted octanol–water partition coefficient (Wildman–Crippen LogP) is 1.33. The van der Waals surface area contributed by atoms with Gasteiger partial charge >= 0.3 is 5.97 Å². The zero-order valence-corrected chi connectivity index (χ0v) is 8.23. The highest BCUT2D eigenvalue weighted by Gasteiger charge is 2.46. The number of esters is 1. The quantitative estimate of drug-likeness (QED) is 0.359. The van der Waals surface area contributed by atoms with Crippen LogP contribution in [0, 0.1) is 17.8 Å². The average molecular weight is 194 g/mol. The molecule has 0 aromatic rings. The van der Waals surface area contributed by atoms with Crippen LogP contribution in [0.3, 0.4) is 0 Å². The van der Waals surface area contributed by atoms with Crippen molar-refractivity contribution in [2.75, 3.05) is 7.11 Å². The van der Waals surface area contributed by atoms with E-state index in [1.165, 1.54) is 7.11 Å². The molecule has 0 N–H and O–H groups in total. The normalized spacial score (nSPS) is 35.5. The fourth-order valence-corrected chi connectivity index (χ4v) is 2.59. The minimum absolute atomic E-state index is 0.0653. The molecule has 3 heteroatoms. The Bertz CT molecular complexity index is 293. The zero-order chi connectivity index (χ0) is 10.1. The van der Waals surface area contributed by atoms with E-state index in [4.69, 9.17) is 0 Å². The van der Waals surface area contributed by atoms with Crippen molar-refractivity contribution in [3.05, 3.63) is 12.2 Å². The van der Waals surface area contributed by atoms with E-state index >= 15 is 0 Å². The van der Waals surface area contributed by atoms with Crippen molar-refractivity contribution in [1.29, 1.82) is 0 Å². The number of Topliss-reactive ketones (excluding diaryl/α,β-unsaturated/α-hetero) is 1. The van der Waals surface area contributed by atoms with Crippen LogP contribution in [-0.4, -0.2) is 18.9 Å². The number of fused-ring (bicyclic) bond motifs is 1. The second-order valence-corrected chi connectivity index (χ2v) is 4.04. The first-order valence-electron chi connectivity index (χ1n) is 4.99. The molecule has 0 aromatic carbocycles. The Morgan fingerprint density at radius 2 is 2.14 bits per heavy atom. The van der Waals surface area contributed by atoms with Gasteiger partial charge in [-0.1, -0.05) is 12.2 Å². The number of carbonyl (C=O) groups is 2. The molecule has 0 bridgehead atoms. The van der Waals surface area contributed by atoms with Crippen molar-refractivity contribution in [3.8, 4) is 0 Å². The first-order chi connectivity index (χ1) is 6.74. The first-order valence-corrected chi connectivity index (χ1v) is 4.99. The summed E-state index contributed by atoms with van der Waals surface area (Å²) in [4.78, 5) is 23.0. The van der Waals surface area contributed by atoms with Crippen molar-refractivity contribution < 1.29 is 14.3 Å². The monoisotopic (exact) mass is 194 g/mol. The van der Waals surface area contributed by atoms with Crippen LogP contribution in [0.2, 0.25) is 0 Å². The fraction of sp³-hybridized carbons (Fsp3) is 0.636. The third-order valence-electron chi connectivity index (χ3n) is 3.31. The molecule has 3 atom stereocenters. The molecule has 0 aromatic heterocycles. The third-order valence-corrected chi connectivity index (χ3v) is 3.31. The number of hydrogen-bond acceptors (Lipinski definition) is 3. The summed E-state index contributed by atoms with van der Waals surface area (Å²) in [6.07, 6.45) is 6.50. The summed E-state index contributed by atoms with van der Waals surface area (Å²) in [5, 5.41) is 0. The summed E-state index contributed by atoms with van der Waals surface area (Å²) in [7, 11) is 1.35. The van der Waals surface area contributed by atoms with E-state index in [1.54, 1.807) is 0 Å². The van der Waals surface area contributed by atoms with Crippen molar-refractivity contribution in [3.63, 3.8) is 0 Å². The van der Waals surface area contributed by atoms with Gasteiger partial charge < -0.3 is 4.74 Å². The molecule has 1 fully saturated rings. The van der Waals surface area contributed by atoms with Crippen LogP contribution < -0.4 is 0 Å². The lowest BCUT2D eigenvalue weighted by molar-refractivity contribution is -0.149. The van der Waals surface area contributed by atoms with Crippen molar-refractivity contribution >= 4 is 11.8 Å². The Hall–Kier alpha value is -1.12. The highest BCUT2D eigenvalue weighted by molar-refractivity contribution is 6.01. The Morgan fingerprint density at radius 1 is 1.43 bits per heavy atom. The number of carbonyl (C=O) groups excluding carboxylic acids is 2. The van der Waals surface area contributed by atoms with E-state index in [9.17, 15) is 9.59 Å².